The van der Waals surface area contributed by atoms with Crippen molar-refractivity contribution in [3.8, 4) is 0 Å². The number of aromatic nitrogens is 1. The molecule has 0 aliphatic heterocycles. The summed E-state index contributed by atoms with van der Waals surface area (Å²) < 4.78 is 11.5. The van der Waals surface area contributed by atoms with Gasteiger partial charge in [-0.1, -0.05) is 30.3 Å². The van der Waals surface area contributed by atoms with Crippen LogP contribution >= 0.6 is 0 Å². The highest BCUT2D eigenvalue weighted by atomic mass is 16.4. The zero-order valence-electron chi connectivity index (χ0n) is 11.3. The van der Waals surface area contributed by atoms with Gasteiger partial charge >= 0.3 is 0 Å². The first kappa shape index (κ1) is 12.2. The molecule has 4 rings (SSSR count). The molecule has 0 aliphatic carbocycles. The molecule has 0 bridgehead atoms. The van der Waals surface area contributed by atoms with Gasteiger partial charge < -0.3 is 14.6 Å². The van der Waals surface area contributed by atoms with Gasteiger partial charge in [-0.15, -0.1) is 0 Å². The first-order valence-corrected chi connectivity index (χ1v) is 6.88. The minimum Gasteiger partial charge on any atom is -0.459 e. The highest BCUT2D eigenvalue weighted by molar-refractivity contribution is 5.77. The summed E-state index contributed by atoms with van der Waals surface area (Å²) in [5.41, 5.74) is 8.70. The van der Waals surface area contributed by atoms with Crippen molar-refractivity contribution in [3.05, 3.63) is 66.2 Å². The minimum atomic E-state index is -0.273. The van der Waals surface area contributed by atoms with Crippen LogP contribution in [0.3, 0.4) is 0 Å². The zero-order chi connectivity index (χ0) is 14.2. The molecule has 21 heavy (non-hydrogen) atoms. The van der Waals surface area contributed by atoms with E-state index in [2.05, 4.69) is 4.98 Å². The molecule has 2 heterocycles. The van der Waals surface area contributed by atoms with Gasteiger partial charge in [0, 0.05) is 11.8 Å². The van der Waals surface area contributed by atoms with E-state index < -0.39 is 0 Å². The van der Waals surface area contributed by atoms with Crippen LogP contribution in [0.25, 0.3) is 22.1 Å². The van der Waals surface area contributed by atoms with Gasteiger partial charge in [-0.25, -0.2) is 4.98 Å². The van der Waals surface area contributed by atoms with Gasteiger partial charge in [0.25, 0.3) is 0 Å². The first-order chi connectivity index (χ1) is 10.3. The number of nitrogens with zero attached hydrogens (tertiary/aromatic N) is 1. The summed E-state index contributed by atoms with van der Waals surface area (Å²) in [6.07, 6.45) is 0.508. The van der Waals surface area contributed by atoms with E-state index in [0.717, 1.165) is 27.8 Å². The molecule has 4 heteroatoms. The quantitative estimate of drug-likeness (QED) is 0.618. The fraction of sp³-hybridized carbons (Fsp3) is 0.118. The Morgan fingerprint density at radius 3 is 2.52 bits per heavy atom. The van der Waals surface area contributed by atoms with Crippen molar-refractivity contribution >= 4 is 22.1 Å². The Balaban J connectivity index is 1.63. The predicted molar refractivity (Wildman–Crippen MR) is 80.9 cm³/mol. The van der Waals surface area contributed by atoms with E-state index >= 15 is 0 Å². The lowest BCUT2D eigenvalue weighted by molar-refractivity contribution is 0.450. The van der Waals surface area contributed by atoms with Gasteiger partial charge in [0.15, 0.2) is 11.5 Å². The summed E-state index contributed by atoms with van der Waals surface area (Å²) in [5, 5.41) is 1.06. The van der Waals surface area contributed by atoms with Gasteiger partial charge in [0.2, 0.25) is 0 Å². The molecule has 4 aromatic rings. The number of fused-ring (bicyclic) bond motifs is 2. The molecule has 4 nitrogen and oxygen atoms in total. The molecule has 2 N–H and O–H groups in total. The third-order valence-electron chi connectivity index (χ3n) is 3.54. The SMILES string of the molecule is NC(Cc1nc2ccccc2o1)c1cc2ccccc2o1. The van der Waals surface area contributed by atoms with Gasteiger partial charge in [0.1, 0.15) is 16.9 Å². The van der Waals surface area contributed by atoms with E-state index in [1.54, 1.807) is 0 Å². The summed E-state index contributed by atoms with van der Waals surface area (Å²) in [6.45, 7) is 0. The Bertz CT molecular complexity index is 841. The van der Waals surface area contributed by atoms with Crippen LogP contribution < -0.4 is 5.73 Å². The number of hydrogen-bond acceptors (Lipinski definition) is 4. The number of para-hydroxylation sites is 3. The van der Waals surface area contributed by atoms with Gasteiger partial charge in [-0.2, -0.15) is 0 Å². The van der Waals surface area contributed by atoms with Gasteiger partial charge in [0.05, 0.1) is 6.04 Å². The third-order valence-corrected chi connectivity index (χ3v) is 3.54. The number of furan rings is 1. The predicted octanol–water partition coefficient (Wildman–Crippen LogP) is 3.82. The standard InChI is InChI=1S/C17H14N2O2/c18-12(16-9-11-5-1-3-7-14(11)20-16)10-17-19-13-6-2-4-8-15(13)21-17/h1-9,12H,10,18H2. The van der Waals surface area contributed by atoms with Crippen LogP contribution in [0.4, 0.5) is 0 Å². The Morgan fingerprint density at radius 1 is 0.952 bits per heavy atom. The maximum Gasteiger partial charge on any atom is 0.197 e. The zero-order valence-corrected chi connectivity index (χ0v) is 11.3. The van der Waals surface area contributed by atoms with E-state index in [1.807, 2.05) is 54.6 Å². The molecule has 0 saturated carbocycles. The van der Waals surface area contributed by atoms with Gasteiger partial charge in [-0.3, -0.25) is 0 Å². The normalized spacial score (nSPS) is 13.0. The van der Waals surface area contributed by atoms with Crippen LogP contribution in [0.15, 0.2) is 63.4 Å². The Labute approximate surface area is 121 Å². The molecule has 0 spiro atoms. The summed E-state index contributed by atoms with van der Waals surface area (Å²) in [7, 11) is 0. The maximum absolute atomic E-state index is 6.22. The van der Waals surface area contributed by atoms with Crippen molar-refractivity contribution in [1.82, 2.24) is 4.98 Å². The Morgan fingerprint density at radius 2 is 1.71 bits per heavy atom. The van der Waals surface area contributed by atoms with Crippen LogP contribution in [-0.2, 0) is 6.42 Å². The monoisotopic (exact) mass is 278 g/mol. The summed E-state index contributed by atoms with van der Waals surface area (Å²) >= 11 is 0. The van der Waals surface area contributed by atoms with E-state index in [-0.39, 0.29) is 6.04 Å². The molecule has 0 saturated heterocycles. The number of nitrogens with two attached hydrogens (primary N) is 1. The lowest BCUT2D eigenvalue weighted by Crippen LogP contribution is -2.12. The topological polar surface area (TPSA) is 65.2 Å². The molecule has 2 aromatic carbocycles. The second kappa shape index (κ2) is 4.75. The molecule has 0 amide bonds. The molecular weight excluding hydrogens is 264 g/mol. The highest BCUT2D eigenvalue weighted by Crippen LogP contribution is 2.25. The number of benzene rings is 2. The Hall–Kier alpha value is -2.59. The van der Waals surface area contributed by atoms with Crippen molar-refractivity contribution in [3.63, 3.8) is 0 Å². The second-order valence-corrected chi connectivity index (χ2v) is 5.07. The smallest absolute Gasteiger partial charge is 0.197 e. The Kier molecular flexibility index (Phi) is 2.75. The highest BCUT2D eigenvalue weighted by Gasteiger charge is 2.16. The van der Waals surface area contributed by atoms with Crippen LogP contribution in [0.5, 0.6) is 0 Å². The molecule has 104 valence electrons. The largest absolute Gasteiger partial charge is 0.459 e. The molecule has 1 atom stereocenters. The average molecular weight is 278 g/mol. The lowest BCUT2D eigenvalue weighted by Gasteiger charge is -2.04. The van der Waals surface area contributed by atoms with Crippen molar-refractivity contribution in [1.29, 1.82) is 0 Å². The fourth-order valence-electron chi connectivity index (χ4n) is 2.48. The fourth-order valence-corrected chi connectivity index (χ4v) is 2.48. The van der Waals surface area contributed by atoms with Crippen molar-refractivity contribution in [2.75, 3.05) is 0 Å². The van der Waals surface area contributed by atoms with E-state index in [9.17, 15) is 0 Å². The average Bonchev–Trinajstić information content (AvgIpc) is 3.10. The molecular formula is C17H14N2O2. The van der Waals surface area contributed by atoms with Crippen molar-refractivity contribution in [2.45, 2.75) is 12.5 Å². The molecule has 2 aromatic heterocycles. The van der Waals surface area contributed by atoms with E-state index in [4.69, 9.17) is 14.6 Å². The second-order valence-electron chi connectivity index (χ2n) is 5.07. The maximum atomic E-state index is 6.22. The molecule has 1 unspecified atom stereocenters. The molecule has 0 radical (unpaired) electrons. The first-order valence-electron chi connectivity index (χ1n) is 6.88. The van der Waals surface area contributed by atoms with E-state index in [1.165, 1.54) is 0 Å². The number of rotatable bonds is 3. The van der Waals surface area contributed by atoms with Crippen LogP contribution in [0.2, 0.25) is 0 Å². The summed E-state index contributed by atoms with van der Waals surface area (Å²) in [5.74, 6) is 1.38. The third kappa shape index (κ3) is 2.19. The van der Waals surface area contributed by atoms with Crippen molar-refractivity contribution in [2.24, 2.45) is 5.73 Å². The van der Waals surface area contributed by atoms with Crippen molar-refractivity contribution < 1.29 is 8.83 Å². The summed E-state index contributed by atoms with van der Waals surface area (Å²) in [6, 6.07) is 17.3. The number of hydrogen-bond donors (Lipinski definition) is 1. The summed E-state index contributed by atoms with van der Waals surface area (Å²) in [4.78, 5) is 4.44. The van der Waals surface area contributed by atoms with Crippen LogP contribution in [-0.4, -0.2) is 4.98 Å². The van der Waals surface area contributed by atoms with Gasteiger partial charge in [-0.05, 0) is 24.3 Å². The van der Waals surface area contributed by atoms with Crippen LogP contribution in [0, 0.1) is 0 Å². The van der Waals surface area contributed by atoms with E-state index in [0.29, 0.717) is 12.3 Å². The molecule has 0 fully saturated rings. The molecule has 0 aliphatic rings. The minimum absolute atomic E-state index is 0.273. The lowest BCUT2D eigenvalue weighted by atomic mass is 10.1. The van der Waals surface area contributed by atoms with Crippen LogP contribution in [0.1, 0.15) is 17.7 Å². The number of oxazole rings is 1.